The van der Waals surface area contributed by atoms with Crippen LogP contribution in [0, 0.1) is 0 Å². The van der Waals surface area contributed by atoms with Crippen LogP contribution in [0.1, 0.15) is 12.8 Å². The summed E-state index contributed by atoms with van der Waals surface area (Å²) in [4.78, 5) is 0.171. The molecule has 0 saturated carbocycles. The molecule has 1 aliphatic rings. The van der Waals surface area contributed by atoms with Crippen molar-refractivity contribution in [1.82, 2.24) is 4.31 Å². The van der Waals surface area contributed by atoms with Gasteiger partial charge in [-0.1, -0.05) is 6.07 Å². The van der Waals surface area contributed by atoms with E-state index in [9.17, 15) is 13.5 Å². The summed E-state index contributed by atoms with van der Waals surface area (Å²) in [7, 11) is -3.39. The van der Waals surface area contributed by atoms with Gasteiger partial charge in [-0.25, -0.2) is 8.42 Å². The highest BCUT2D eigenvalue weighted by molar-refractivity contribution is 7.89. The van der Waals surface area contributed by atoms with Crippen molar-refractivity contribution in [2.45, 2.75) is 17.7 Å². The van der Waals surface area contributed by atoms with Crippen molar-refractivity contribution in [3.8, 4) is 5.75 Å². The topological polar surface area (TPSA) is 57.6 Å². The van der Waals surface area contributed by atoms with Crippen LogP contribution in [0.15, 0.2) is 29.2 Å². The lowest BCUT2D eigenvalue weighted by atomic mass is 10.3. The number of hydrogen-bond acceptors (Lipinski definition) is 3. The van der Waals surface area contributed by atoms with Crippen LogP contribution in [0.5, 0.6) is 5.75 Å². The summed E-state index contributed by atoms with van der Waals surface area (Å²) in [6.45, 7) is 1.16. The maximum atomic E-state index is 12.0. The van der Waals surface area contributed by atoms with Gasteiger partial charge in [-0.05, 0) is 31.0 Å². The Hall–Kier alpha value is -0.780. The van der Waals surface area contributed by atoms with Gasteiger partial charge >= 0.3 is 0 Å². The molecule has 0 aliphatic carbocycles. The Morgan fingerprint density at radius 1 is 1.19 bits per heavy atom. The summed E-state index contributed by atoms with van der Waals surface area (Å²) < 4.78 is 25.5. The van der Waals surface area contributed by atoms with Gasteiger partial charge in [0, 0.05) is 13.1 Å². The van der Waals surface area contributed by atoms with Crippen LogP contribution in [-0.2, 0) is 10.0 Å². The zero-order valence-corrected chi connectivity index (χ0v) is 10.3. The number of nitrogens with zero attached hydrogens (tertiary/aromatic N) is 1. The molecule has 0 aromatic heterocycles. The van der Waals surface area contributed by atoms with Crippen molar-refractivity contribution in [2.75, 3.05) is 13.1 Å². The third-order valence-electron chi connectivity index (χ3n) is 2.52. The Morgan fingerprint density at radius 2 is 1.81 bits per heavy atom. The Balaban J connectivity index is 0.00000128. The first-order valence-corrected chi connectivity index (χ1v) is 6.34. The minimum atomic E-state index is -3.39. The minimum absolute atomic E-state index is 0. The third kappa shape index (κ3) is 2.48. The molecule has 1 N–H and O–H groups in total. The molecule has 0 spiro atoms. The molecule has 0 amide bonds. The van der Waals surface area contributed by atoms with Gasteiger partial charge in [0.15, 0.2) is 0 Å². The van der Waals surface area contributed by atoms with Crippen LogP contribution in [0.25, 0.3) is 0 Å². The monoisotopic (exact) mass is 263 g/mol. The first kappa shape index (κ1) is 13.3. The molecule has 2 rings (SSSR count). The maximum absolute atomic E-state index is 12.0. The van der Waals surface area contributed by atoms with Gasteiger partial charge in [0.2, 0.25) is 10.0 Å². The number of rotatable bonds is 2. The second-order valence-electron chi connectivity index (χ2n) is 3.61. The molecular formula is C10H14ClNO3S. The molecule has 0 bridgehead atoms. The summed E-state index contributed by atoms with van der Waals surface area (Å²) in [6.07, 6.45) is 1.83. The lowest BCUT2D eigenvalue weighted by Crippen LogP contribution is -2.27. The molecule has 1 fully saturated rings. The molecule has 6 heteroatoms. The molecule has 1 aromatic carbocycles. The van der Waals surface area contributed by atoms with E-state index in [1.807, 2.05) is 0 Å². The summed E-state index contributed by atoms with van der Waals surface area (Å²) in [5, 5.41) is 9.24. The molecule has 1 saturated heterocycles. The standard InChI is InChI=1S/C10H13NO3S.ClH/c12-9-4-3-5-10(8-9)15(13,14)11-6-1-2-7-11;/h3-5,8,12H,1-2,6-7H2;1H. The van der Waals surface area contributed by atoms with Gasteiger partial charge in [-0.2, -0.15) is 4.31 Å². The lowest BCUT2D eigenvalue weighted by molar-refractivity contribution is 0.465. The van der Waals surface area contributed by atoms with E-state index in [0.717, 1.165) is 12.8 Å². The second-order valence-corrected chi connectivity index (χ2v) is 5.55. The van der Waals surface area contributed by atoms with E-state index in [2.05, 4.69) is 0 Å². The second kappa shape index (κ2) is 5.03. The van der Waals surface area contributed by atoms with Crippen molar-refractivity contribution in [1.29, 1.82) is 0 Å². The zero-order valence-electron chi connectivity index (χ0n) is 8.67. The highest BCUT2D eigenvalue weighted by Gasteiger charge is 2.27. The van der Waals surface area contributed by atoms with E-state index < -0.39 is 10.0 Å². The molecule has 16 heavy (non-hydrogen) atoms. The number of hydrogen-bond donors (Lipinski definition) is 1. The van der Waals surface area contributed by atoms with Crippen molar-refractivity contribution >= 4 is 22.4 Å². The first-order valence-electron chi connectivity index (χ1n) is 4.90. The number of halogens is 1. The SMILES string of the molecule is Cl.O=S(=O)(c1cccc(O)c1)N1CCCC1. The van der Waals surface area contributed by atoms with E-state index in [1.54, 1.807) is 0 Å². The summed E-state index contributed by atoms with van der Waals surface area (Å²) >= 11 is 0. The smallest absolute Gasteiger partial charge is 0.243 e. The number of phenolic OH excluding ortho intramolecular Hbond substituents is 1. The van der Waals surface area contributed by atoms with Crippen LogP contribution >= 0.6 is 12.4 Å². The van der Waals surface area contributed by atoms with Gasteiger partial charge in [0.1, 0.15) is 5.75 Å². The average Bonchev–Trinajstić information content (AvgIpc) is 2.71. The van der Waals surface area contributed by atoms with E-state index in [-0.39, 0.29) is 23.1 Å². The molecule has 1 aromatic rings. The van der Waals surface area contributed by atoms with Crippen LogP contribution in [-0.4, -0.2) is 30.9 Å². The fourth-order valence-electron chi connectivity index (χ4n) is 1.72. The third-order valence-corrected chi connectivity index (χ3v) is 4.42. The Morgan fingerprint density at radius 3 is 2.38 bits per heavy atom. The van der Waals surface area contributed by atoms with Crippen molar-refractivity contribution < 1.29 is 13.5 Å². The largest absolute Gasteiger partial charge is 0.508 e. The predicted octanol–water partition coefficient (Wildman–Crippen LogP) is 1.60. The van der Waals surface area contributed by atoms with Crippen molar-refractivity contribution in [2.24, 2.45) is 0 Å². The fraction of sp³-hybridized carbons (Fsp3) is 0.400. The molecule has 90 valence electrons. The minimum Gasteiger partial charge on any atom is -0.508 e. The molecule has 4 nitrogen and oxygen atoms in total. The van der Waals surface area contributed by atoms with E-state index in [1.165, 1.54) is 28.6 Å². The van der Waals surface area contributed by atoms with Gasteiger partial charge in [-0.3, -0.25) is 0 Å². The highest BCUT2D eigenvalue weighted by atomic mass is 35.5. The molecule has 0 unspecified atom stereocenters. The van der Waals surface area contributed by atoms with E-state index in [0.29, 0.717) is 13.1 Å². The molecule has 0 atom stereocenters. The summed E-state index contributed by atoms with van der Waals surface area (Å²) in [5.41, 5.74) is 0. The number of aromatic hydroxyl groups is 1. The van der Waals surface area contributed by atoms with Gasteiger partial charge in [-0.15, -0.1) is 12.4 Å². The van der Waals surface area contributed by atoms with E-state index >= 15 is 0 Å². The normalized spacial score (nSPS) is 17.0. The summed E-state index contributed by atoms with van der Waals surface area (Å²) in [5.74, 6) is -0.0183. The average molecular weight is 264 g/mol. The van der Waals surface area contributed by atoms with Crippen LogP contribution in [0.2, 0.25) is 0 Å². The Bertz CT molecular complexity index is 455. The van der Waals surface area contributed by atoms with Crippen molar-refractivity contribution in [3.63, 3.8) is 0 Å². The molecule has 1 heterocycles. The van der Waals surface area contributed by atoms with Crippen LogP contribution in [0.4, 0.5) is 0 Å². The molecule has 1 aliphatic heterocycles. The maximum Gasteiger partial charge on any atom is 0.243 e. The number of benzene rings is 1. The van der Waals surface area contributed by atoms with Gasteiger partial charge < -0.3 is 5.11 Å². The zero-order chi connectivity index (χ0) is 10.9. The fourth-order valence-corrected chi connectivity index (χ4v) is 3.28. The number of sulfonamides is 1. The molecular weight excluding hydrogens is 250 g/mol. The predicted molar refractivity (Wildman–Crippen MR) is 63.3 cm³/mol. The van der Waals surface area contributed by atoms with E-state index in [4.69, 9.17) is 0 Å². The quantitative estimate of drug-likeness (QED) is 0.882. The molecule has 0 radical (unpaired) electrons. The number of phenols is 1. The van der Waals surface area contributed by atoms with Crippen molar-refractivity contribution in [3.05, 3.63) is 24.3 Å². The Labute approximate surface area is 101 Å². The van der Waals surface area contributed by atoms with Crippen LogP contribution < -0.4 is 0 Å². The highest BCUT2D eigenvalue weighted by Crippen LogP contribution is 2.23. The van der Waals surface area contributed by atoms with Gasteiger partial charge in [0.05, 0.1) is 4.90 Å². The van der Waals surface area contributed by atoms with Crippen LogP contribution in [0.3, 0.4) is 0 Å². The lowest BCUT2D eigenvalue weighted by Gasteiger charge is -2.15. The Kier molecular flexibility index (Phi) is 4.18. The van der Waals surface area contributed by atoms with Gasteiger partial charge in [0.25, 0.3) is 0 Å². The summed E-state index contributed by atoms with van der Waals surface area (Å²) in [6, 6.07) is 5.79. The first-order chi connectivity index (χ1) is 7.10.